The van der Waals surface area contributed by atoms with E-state index in [-0.39, 0.29) is 5.91 Å². The molecule has 1 unspecified atom stereocenters. The maximum atomic E-state index is 11.9. The first-order valence-electron chi connectivity index (χ1n) is 9.52. The smallest absolute Gasteiger partial charge is 0.233 e. The lowest BCUT2D eigenvalue weighted by Crippen LogP contribution is -3.10. The number of H-pyrrole nitrogens is 1. The normalized spacial score (nSPS) is 17.6. The Hall–Kier alpha value is -3.04. The van der Waals surface area contributed by atoms with Gasteiger partial charge in [0.25, 0.3) is 0 Å². The molecule has 0 saturated carbocycles. The van der Waals surface area contributed by atoms with Crippen LogP contribution < -0.4 is 15.5 Å². The first-order valence-corrected chi connectivity index (χ1v) is 10.3. The summed E-state index contributed by atoms with van der Waals surface area (Å²) in [5.74, 6) is 2.80. The monoisotopic (exact) mass is 410 g/mol. The minimum Gasteiger partial charge on any atom is -0.356 e. The molecule has 0 spiro atoms. The molecule has 4 rings (SSSR count). The molecule has 29 heavy (non-hydrogen) atoms. The summed E-state index contributed by atoms with van der Waals surface area (Å²) in [6.07, 6.45) is 6.31. The minimum atomic E-state index is 0.0407. The number of carbonyl (C=O) groups excluding carboxylic acids is 1. The fraction of sp³-hybridized carbons (Fsp3) is 0.250. The molecule has 0 radical (unpaired) electrons. The highest BCUT2D eigenvalue weighted by atomic mass is 32.2. The van der Waals surface area contributed by atoms with Crippen molar-refractivity contribution < 1.29 is 9.69 Å². The number of fused-ring (bicyclic) bond motifs is 1. The Morgan fingerprint density at radius 2 is 2.28 bits per heavy atom. The summed E-state index contributed by atoms with van der Waals surface area (Å²) >= 11 is 1.62. The molecule has 2 aromatic rings. The van der Waals surface area contributed by atoms with Gasteiger partial charge in [-0.05, 0) is 43.5 Å². The van der Waals surface area contributed by atoms with Crippen molar-refractivity contribution in [2.75, 3.05) is 18.4 Å². The van der Waals surface area contributed by atoms with Crippen molar-refractivity contribution in [1.82, 2.24) is 19.8 Å². The quantitative estimate of drug-likeness (QED) is 0.518. The number of aromatic nitrogens is 2. The number of quaternary nitrogens is 1. The fourth-order valence-corrected chi connectivity index (χ4v) is 4.18. The maximum Gasteiger partial charge on any atom is 0.233 e. The zero-order chi connectivity index (χ0) is 20.2. The highest BCUT2D eigenvalue weighted by Crippen LogP contribution is 2.25. The van der Waals surface area contributed by atoms with E-state index in [2.05, 4.69) is 48.5 Å². The Bertz CT molecular complexity index is 994. The van der Waals surface area contributed by atoms with Gasteiger partial charge in [0.15, 0.2) is 5.82 Å². The summed E-state index contributed by atoms with van der Waals surface area (Å²) in [7, 11) is 0. The summed E-state index contributed by atoms with van der Waals surface area (Å²) in [6, 6.07) is 10.1. The number of hydrogen-bond acceptors (Lipinski definition) is 6. The first-order chi connectivity index (χ1) is 14.1. The van der Waals surface area contributed by atoms with E-state index >= 15 is 0 Å². The molecule has 0 aliphatic carbocycles. The number of aryl methyl sites for hydroxylation is 1. The van der Waals surface area contributed by atoms with Crippen LogP contribution in [0.15, 0.2) is 64.6 Å². The minimum absolute atomic E-state index is 0.0407. The second-order valence-electron chi connectivity index (χ2n) is 6.85. The van der Waals surface area contributed by atoms with Crippen LogP contribution in [-0.2, 0) is 11.2 Å². The largest absolute Gasteiger partial charge is 0.356 e. The Balaban J connectivity index is 1.50. The first kappa shape index (κ1) is 19.3. The number of anilines is 1. The predicted octanol–water partition coefficient (Wildman–Crippen LogP) is 1.40. The number of nitrogens with one attached hydrogen (secondary N) is 4. The average molecular weight is 411 g/mol. The van der Waals surface area contributed by atoms with Crippen LogP contribution in [0.25, 0.3) is 0 Å². The van der Waals surface area contributed by atoms with Crippen molar-refractivity contribution in [3.8, 4) is 0 Å². The maximum absolute atomic E-state index is 11.9. The highest BCUT2D eigenvalue weighted by Gasteiger charge is 2.32. The molecule has 1 aromatic carbocycles. The number of benzene rings is 1. The van der Waals surface area contributed by atoms with Gasteiger partial charge in [0.2, 0.25) is 17.6 Å². The molecule has 0 fully saturated rings. The Kier molecular flexibility index (Phi) is 5.68. The summed E-state index contributed by atoms with van der Waals surface area (Å²) in [5.41, 5.74) is 2.00. The zero-order valence-corrected chi connectivity index (χ0v) is 17.2. The van der Waals surface area contributed by atoms with Crippen LogP contribution in [0.5, 0.6) is 0 Å². The van der Waals surface area contributed by atoms with Gasteiger partial charge in [0.1, 0.15) is 12.7 Å². The number of aromatic amines is 1. The number of hydrogen-bond donors (Lipinski definition) is 4. The van der Waals surface area contributed by atoms with Crippen molar-refractivity contribution in [3.05, 3.63) is 66.0 Å². The van der Waals surface area contributed by atoms with Crippen molar-refractivity contribution in [3.63, 3.8) is 0 Å². The van der Waals surface area contributed by atoms with Crippen molar-refractivity contribution in [1.29, 1.82) is 0 Å². The van der Waals surface area contributed by atoms with Crippen LogP contribution in [-0.4, -0.2) is 39.3 Å². The van der Waals surface area contributed by atoms with E-state index in [1.807, 2.05) is 44.4 Å². The second-order valence-corrected chi connectivity index (χ2v) is 7.98. The van der Waals surface area contributed by atoms with E-state index in [0.29, 0.717) is 19.5 Å². The van der Waals surface area contributed by atoms with E-state index in [9.17, 15) is 4.79 Å². The molecule has 150 valence electrons. The van der Waals surface area contributed by atoms with E-state index < -0.39 is 0 Å². The topological polar surface area (TPSA) is 89.9 Å². The third-order valence-corrected chi connectivity index (χ3v) is 5.41. The van der Waals surface area contributed by atoms with Crippen LogP contribution in [0.2, 0.25) is 0 Å². The van der Waals surface area contributed by atoms with E-state index in [4.69, 9.17) is 0 Å². The fourth-order valence-electron chi connectivity index (χ4n) is 3.22. The van der Waals surface area contributed by atoms with Gasteiger partial charge in [-0.1, -0.05) is 12.1 Å². The molecule has 1 atom stereocenters. The predicted molar refractivity (Wildman–Crippen MR) is 114 cm³/mol. The number of aliphatic imine (C=N–C) groups is 1. The lowest BCUT2D eigenvalue weighted by atomic mass is 10.1. The SMILES string of the molecule is CCNC(=O)Cc1cccc(SN2C=C(Nc3cc(C)[nH]n3)[NH+]3C=CN=C3C2)c1. The van der Waals surface area contributed by atoms with E-state index in [1.54, 1.807) is 11.9 Å². The van der Waals surface area contributed by atoms with Crippen LogP contribution in [0.3, 0.4) is 0 Å². The van der Waals surface area contributed by atoms with Gasteiger partial charge < -0.3 is 5.32 Å². The van der Waals surface area contributed by atoms with Crippen molar-refractivity contribution in [2.24, 2.45) is 4.99 Å². The van der Waals surface area contributed by atoms with Crippen LogP contribution in [0.4, 0.5) is 5.82 Å². The number of rotatable bonds is 7. The zero-order valence-electron chi connectivity index (χ0n) is 16.4. The molecular formula is C20H24N7OS+. The van der Waals surface area contributed by atoms with Crippen molar-refractivity contribution in [2.45, 2.75) is 25.2 Å². The lowest BCUT2D eigenvalue weighted by molar-refractivity contribution is -0.699. The van der Waals surface area contributed by atoms with E-state index in [0.717, 1.165) is 38.5 Å². The van der Waals surface area contributed by atoms with Crippen LogP contribution in [0.1, 0.15) is 18.2 Å². The van der Waals surface area contributed by atoms with Gasteiger partial charge in [-0.3, -0.25) is 19.5 Å². The molecule has 1 amide bonds. The third-order valence-electron chi connectivity index (χ3n) is 4.48. The lowest BCUT2D eigenvalue weighted by Gasteiger charge is -2.27. The number of amidine groups is 1. The molecule has 2 aliphatic heterocycles. The summed E-state index contributed by atoms with van der Waals surface area (Å²) < 4.78 is 2.14. The Morgan fingerprint density at radius 1 is 1.38 bits per heavy atom. The summed E-state index contributed by atoms with van der Waals surface area (Å²) in [6.45, 7) is 5.25. The molecule has 0 saturated heterocycles. The molecule has 2 aliphatic rings. The van der Waals surface area contributed by atoms with Crippen molar-refractivity contribution >= 4 is 29.5 Å². The molecule has 3 heterocycles. The standard InChI is InChI=1S/C20H23N7OS/c1-3-21-20(28)11-15-5-4-6-16(10-15)29-26-12-18-22-7-8-27(18)19(13-26)23-17-9-14(2)24-25-17/h4-10,13H,3,11-12H2,1-2H3,(H,21,28)(H2,23,24,25)/p+1. The van der Waals surface area contributed by atoms with Gasteiger partial charge >= 0.3 is 0 Å². The van der Waals surface area contributed by atoms with Gasteiger partial charge in [0.05, 0.1) is 18.8 Å². The van der Waals surface area contributed by atoms with E-state index in [1.165, 1.54) is 0 Å². The molecule has 8 nitrogen and oxygen atoms in total. The summed E-state index contributed by atoms with van der Waals surface area (Å²) in [5, 5.41) is 13.4. The van der Waals surface area contributed by atoms with Gasteiger partial charge in [-0.2, -0.15) is 5.10 Å². The number of amides is 1. The number of nitrogens with zero attached hydrogens (tertiary/aromatic N) is 3. The third kappa shape index (κ3) is 4.69. The molecule has 1 aromatic heterocycles. The number of likely N-dealkylation sites (N-methyl/N-ethyl adjacent to an activating group) is 1. The van der Waals surface area contributed by atoms with Gasteiger partial charge in [-0.25, -0.2) is 9.89 Å². The summed E-state index contributed by atoms with van der Waals surface area (Å²) in [4.78, 5) is 18.6. The number of carbonyl (C=O) groups is 1. The Morgan fingerprint density at radius 3 is 3.07 bits per heavy atom. The Labute approximate surface area is 173 Å². The van der Waals surface area contributed by atoms with Crippen LogP contribution in [0, 0.1) is 6.92 Å². The molecule has 4 N–H and O–H groups in total. The van der Waals surface area contributed by atoms with Gasteiger partial charge in [0, 0.05) is 23.2 Å². The molecular weight excluding hydrogens is 386 g/mol. The molecule has 9 heteroatoms. The molecule has 0 bridgehead atoms. The average Bonchev–Trinajstić information content (AvgIpc) is 3.31. The van der Waals surface area contributed by atoms with Gasteiger partial charge in [-0.15, -0.1) is 0 Å². The second kappa shape index (κ2) is 8.54. The highest BCUT2D eigenvalue weighted by molar-refractivity contribution is 7.97. The van der Waals surface area contributed by atoms with Crippen LogP contribution >= 0.6 is 11.9 Å².